The third-order valence-corrected chi connectivity index (χ3v) is 4.66. The molecule has 0 atom stereocenters. The number of hydrogen-bond acceptors (Lipinski definition) is 5. The lowest BCUT2D eigenvalue weighted by molar-refractivity contribution is 0.0723. The van der Waals surface area contributed by atoms with E-state index in [1.165, 1.54) is 10.4 Å². The van der Waals surface area contributed by atoms with Crippen LogP contribution >= 0.6 is 0 Å². The van der Waals surface area contributed by atoms with E-state index in [0.29, 0.717) is 44.7 Å². The summed E-state index contributed by atoms with van der Waals surface area (Å²) >= 11 is 0. The van der Waals surface area contributed by atoms with Crippen LogP contribution in [0.5, 0.6) is 0 Å². The minimum Gasteiger partial charge on any atom is -0.447 e. The Labute approximate surface area is 113 Å². The number of ether oxygens (including phenoxy) is 1. The normalized spacial score (nSPS) is 18.1. The first-order chi connectivity index (χ1) is 9.00. The van der Waals surface area contributed by atoms with Gasteiger partial charge in [-0.2, -0.15) is 4.31 Å². The smallest absolute Gasteiger partial charge is 0.276 e. The summed E-state index contributed by atoms with van der Waals surface area (Å²) in [6, 6.07) is 3.54. The van der Waals surface area contributed by atoms with Gasteiger partial charge in [-0.25, -0.2) is 8.42 Å². The fourth-order valence-electron chi connectivity index (χ4n) is 1.81. The van der Waals surface area contributed by atoms with E-state index < -0.39 is 10.0 Å². The second kappa shape index (κ2) is 6.04. The van der Waals surface area contributed by atoms with Crippen molar-refractivity contribution in [2.24, 2.45) is 0 Å². The Kier molecular flexibility index (Phi) is 4.62. The van der Waals surface area contributed by atoms with Crippen molar-refractivity contribution >= 4 is 10.0 Å². The van der Waals surface area contributed by atoms with Crippen molar-refractivity contribution < 1.29 is 17.6 Å². The molecule has 0 bridgehead atoms. The lowest BCUT2D eigenvalue weighted by atomic mass is 10.3. The Hall–Kier alpha value is -0.890. The van der Waals surface area contributed by atoms with E-state index in [-0.39, 0.29) is 5.09 Å². The van der Waals surface area contributed by atoms with Crippen LogP contribution in [0, 0.1) is 0 Å². The van der Waals surface area contributed by atoms with Gasteiger partial charge in [0.2, 0.25) is 5.09 Å². The van der Waals surface area contributed by atoms with E-state index in [1.807, 2.05) is 13.8 Å². The van der Waals surface area contributed by atoms with Crippen molar-refractivity contribution in [3.8, 4) is 0 Å². The van der Waals surface area contributed by atoms with Crippen LogP contribution in [0.4, 0.5) is 0 Å². The fourth-order valence-corrected chi connectivity index (χ4v) is 3.15. The van der Waals surface area contributed by atoms with Crippen LogP contribution in [-0.4, -0.2) is 45.1 Å². The van der Waals surface area contributed by atoms with Crippen molar-refractivity contribution in [2.45, 2.75) is 31.5 Å². The number of nitrogens with zero attached hydrogens (tertiary/aromatic N) is 1. The van der Waals surface area contributed by atoms with Gasteiger partial charge in [0, 0.05) is 19.1 Å². The summed E-state index contributed by atoms with van der Waals surface area (Å²) in [4.78, 5) is 0. The van der Waals surface area contributed by atoms with E-state index in [0.717, 1.165) is 0 Å². The molecule has 1 aliphatic rings. The van der Waals surface area contributed by atoms with Crippen LogP contribution in [0.2, 0.25) is 0 Å². The number of sulfonamides is 1. The number of morpholine rings is 1. The molecule has 0 saturated carbocycles. The third kappa shape index (κ3) is 3.56. The van der Waals surface area contributed by atoms with Gasteiger partial charge < -0.3 is 14.5 Å². The lowest BCUT2D eigenvalue weighted by Gasteiger charge is -2.24. The van der Waals surface area contributed by atoms with Gasteiger partial charge in [0.25, 0.3) is 10.0 Å². The maximum atomic E-state index is 12.3. The number of furan rings is 1. The minimum atomic E-state index is -3.52. The summed E-state index contributed by atoms with van der Waals surface area (Å²) < 4.78 is 36.6. The second-order valence-corrected chi connectivity index (χ2v) is 6.64. The molecular formula is C12H20N2O4S. The zero-order chi connectivity index (χ0) is 13.9. The Bertz CT molecular complexity index is 504. The molecule has 0 radical (unpaired) electrons. The highest BCUT2D eigenvalue weighted by molar-refractivity contribution is 7.89. The van der Waals surface area contributed by atoms with Crippen LogP contribution in [0.3, 0.4) is 0 Å². The Morgan fingerprint density at radius 1 is 1.32 bits per heavy atom. The molecule has 1 aromatic heterocycles. The molecule has 0 spiro atoms. The van der Waals surface area contributed by atoms with Gasteiger partial charge in [-0.3, -0.25) is 0 Å². The Morgan fingerprint density at radius 3 is 2.63 bits per heavy atom. The van der Waals surface area contributed by atoms with Crippen molar-refractivity contribution in [1.29, 1.82) is 0 Å². The van der Waals surface area contributed by atoms with Gasteiger partial charge in [-0.15, -0.1) is 0 Å². The molecule has 0 aromatic carbocycles. The number of hydrogen-bond donors (Lipinski definition) is 1. The molecule has 0 aliphatic carbocycles. The molecule has 1 aromatic rings. The van der Waals surface area contributed by atoms with Crippen molar-refractivity contribution in [3.63, 3.8) is 0 Å². The van der Waals surface area contributed by atoms with Crippen LogP contribution in [0.25, 0.3) is 0 Å². The predicted molar refractivity (Wildman–Crippen MR) is 70.3 cm³/mol. The average molecular weight is 288 g/mol. The van der Waals surface area contributed by atoms with Crippen LogP contribution in [0.1, 0.15) is 19.6 Å². The van der Waals surface area contributed by atoms with Gasteiger partial charge in [-0.1, -0.05) is 13.8 Å². The van der Waals surface area contributed by atoms with Crippen LogP contribution in [0.15, 0.2) is 21.6 Å². The first kappa shape index (κ1) is 14.5. The SMILES string of the molecule is CC(C)NCc1ccc(S(=O)(=O)N2CCOCC2)o1. The van der Waals surface area contributed by atoms with Gasteiger partial charge in [0.05, 0.1) is 19.8 Å². The second-order valence-electron chi connectivity index (χ2n) is 4.77. The van der Waals surface area contributed by atoms with Crippen molar-refractivity contribution in [2.75, 3.05) is 26.3 Å². The summed E-state index contributed by atoms with van der Waals surface area (Å²) in [5.41, 5.74) is 0. The highest BCUT2D eigenvalue weighted by Crippen LogP contribution is 2.19. The zero-order valence-corrected chi connectivity index (χ0v) is 12.1. The van der Waals surface area contributed by atoms with E-state index in [9.17, 15) is 8.42 Å². The molecule has 0 amide bonds. The molecular weight excluding hydrogens is 268 g/mol. The molecule has 1 aliphatic heterocycles. The molecule has 1 fully saturated rings. The topological polar surface area (TPSA) is 71.8 Å². The largest absolute Gasteiger partial charge is 0.447 e. The Balaban J connectivity index is 2.08. The molecule has 2 rings (SSSR count). The summed E-state index contributed by atoms with van der Waals surface area (Å²) in [5.74, 6) is 0.625. The van der Waals surface area contributed by atoms with Gasteiger partial charge in [0.1, 0.15) is 5.76 Å². The number of nitrogens with one attached hydrogen (secondary N) is 1. The summed E-state index contributed by atoms with van der Waals surface area (Å²) in [6.45, 7) is 6.19. The summed E-state index contributed by atoms with van der Waals surface area (Å²) in [5, 5.41) is 3.19. The predicted octanol–water partition coefficient (Wildman–Crippen LogP) is 0.798. The molecule has 7 heteroatoms. The molecule has 1 saturated heterocycles. The van der Waals surface area contributed by atoms with Crippen molar-refractivity contribution in [1.82, 2.24) is 9.62 Å². The number of rotatable bonds is 5. The van der Waals surface area contributed by atoms with Gasteiger partial charge >= 0.3 is 0 Å². The minimum absolute atomic E-state index is 0.00922. The van der Waals surface area contributed by atoms with E-state index in [2.05, 4.69) is 5.32 Å². The Morgan fingerprint density at radius 2 is 2.00 bits per heavy atom. The first-order valence-electron chi connectivity index (χ1n) is 6.40. The molecule has 2 heterocycles. The standard InChI is InChI=1S/C12H20N2O4S/c1-10(2)13-9-11-3-4-12(18-11)19(15,16)14-5-7-17-8-6-14/h3-4,10,13H,5-9H2,1-2H3. The van der Waals surface area contributed by atoms with Crippen LogP contribution in [-0.2, 0) is 21.3 Å². The molecule has 1 N–H and O–H groups in total. The highest BCUT2D eigenvalue weighted by atomic mass is 32.2. The van der Waals surface area contributed by atoms with E-state index in [4.69, 9.17) is 9.15 Å². The van der Waals surface area contributed by atoms with E-state index >= 15 is 0 Å². The zero-order valence-electron chi connectivity index (χ0n) is 11.3. The molecule has 108 valence electrons. The fraction of sp³-hybridized carbons (Fsp3) is 0.667. The van der Waals surface area contributed by atoms with Crippen LogP contribution < -0.4 is 5.32 Å². The summed E-state index contributed by atoms with van der Waals surface area (Å²) in [6.07, 6.45) is 0. The highest BCUT2D eigenvalue weighted by Gasteiger charge is 2.29. The van der Waals surface area contributed by atoms with Gasteiger partial charge in [0.15, 0.2) is 0 Å². The average Bonchev–Trinajstić information content (AvgIpc) is 2.87. The van der Waals surface area contributed by atoms with Crippen molar-refractivity contribution in [3.05, 3.63) is 17.9 Å². The molecule has 6 nitrogen and oxygen atoms in total. The maximum absolute atomic E-state index is 12.3. The lowest BCUT2D eigenvalue weighted by Crippen LogP contribution is -2.40. The third-order valence-electron chi connectivity index (χ3n) is 2.89. The quantitative estimate of drug-likeness (QED) is 0.867. The summed E-state index contributed by atoms with van der Waals surface area (Å²) in [7, 11) is -3.52. The van der Waals surface area contributed by atoms with E-state index in [1.54, 1.807) is 6.07 Å². The van der Waals surface area contributed by atoms with Gasteiger partial charge in [-0.05, 0) is 12.1 Å². The monoisotopic (exact) mass is 288 g/mol. The molecule has 19 heavy (non-hydrogen) atoms. The first-order valence-corrected chi connectivity index (χ1v) is 7.84. The maximum Gasteiger partial charge on any atom is 0.276 e. The molecule has 0 unspecified atom stereocenters.